The molecule has 0 saturated heterocycles. The maximum absolute atomic E-state index is 12.8. The van der Waals surface area contributed by atoms with Crippen LogP contribution in [-0.4, -0.2) is 0 Å². The summed E-state index contributed by atoms with van der Waals surface area (Å²) in [6, 6.07) is 26.2. The predicted molar refractivity (Wildman–Crippen MR) is 111 cm³/mol. The van der Waals surface area contributed by atoms with Crippen molar-refractivity contribution in [2.45, 2.75) is 26.2 Å². The molecule has 0 spiro atoms. The molecule has 0 aliphatic rings. The summed E-state index contributed by atoms with van der Waals surface area (Å²) < 4.78 is 5.62. The molecule has 4 rings (SSSR count). The van der Waals surface area contributed by atoms with Crippen LogP contribution in [0.15, 0.2) is 88.1 Å². The molecule has 134 valence electrons. The quantitative estimate of drug-likeness (QED) is 0.410. The van der Waals surface area contributed by atoms with Gasteiger partial charge in [-0.15, -0.1) is 0 Å². The average Bonchev–Trinajstić information content (AvgIpc) is 2.69. The van der Waals surface area contributed by atoms with Crippen molar-refractivity contribution >= 4 is 11.0 Å². The molecule has 2 nitrogen and oxygen atoms in total. The molecule has 1 heterocycles. The normalized spacial score (nSPS) is 11.2. The van der Waals surface area contributed by atoms with Gasteiger partial charge < -0.3 is 4.42 Å². The van der Waals surface area contributed by atoms with E-state index >= 15 is 0 Å². The van der Waals surface area contributed by atoms with E-state index in [-0.39, 0.29) is 5.63 Å². The number of rotatable bonds is 4. The maximum atomic E-state index is 12.8. The Morgan fingerprint density at radius 2 is 1.48 bits per heavy atom. The first-order valence-electron chi connectivity index (χ1n) is 9.32. The Kier molecular flexibility index (Phi) is 4.64. The number of hydrogen-bond donors (Lipinski definition) is 0. The summed E-state index contributed by atoms with van der Waals surface area (Å²) in [5.41, 5.74) is 5.43. The molecule has 2 heteroatoms. The van der Waals surface area contributed by atoms with Crippen molar-refractivity contribution in [2.24, 2.45) is 0 Å². The van der Waals surface area contributed by atoms with E-state index in [1.165, 1.54) is 11.1 Å². The topological polar surface area (TPSA) is 30.2 Å². The first-order chi connectivity index (χ1) is 13.1. The predicted octanol–water partition coefficient (Wildman–Crippen LogP) is 6.17. The fourth-order valence-corrected chi connectivity index (χ4v) is 3.52. The first kappa shape index (κ1) is 17.3. The zero-order valence-electron chi connectivity index (χ0n) is 15.6. The van der Waals surface area contributed by atoms with Crippen molar-refractivity contribution in [1.29, 1.82) is 0 Å². The van der Waals surface area contributed by atoms with Gasteiger partial charge in [0.15, 0.2) is 0 Å². The van der Waals surface area contributed by atoms with Crippen LogP contribution in [0, 0.1) is 0 Å². The molecular weight excluding hydrogens is 332 g/mol. The van der Waals surface area contributed by atoms with Crippen molar-refractivity contribution in [3.63, 3.8) is 0 Å². The van der Waals surface area contributed by atoms with Gasteiger partial charge in [0.2, 0.25) is 0 Å². The Morgan fingerprint density at radius 1 is 0.815 bits per heavy atom. The third kappa shape index (κ3) is 3.43. The highest BCUT2D eigenvalue weighted by molar-refractivity contribution is 5.87. The first-order valence-corrected chi connectivity index (χ1v) is 9.32. The van der Waals surface area contributed by atoms with Gasteiger partial charge in [-0.1, -0.05) is 86.6 Å². The van der Waals surface area contributed by atoms with Gasteiger partial charge in [-0.05, 0) is 40.7 Å². The lowest BCUT2D eigenvalue weighted by atomic mass is 9.92. The van der Waals surface area contributed by atoms with Gasteiger partial charge >= 0.3 is 5.63 Å². The van der Waals surface area contributed by atoms with E-state index in [1.807, 2.05) is 54.6 Å². The van der Waals surface area contributed by atoms with Gasteiger partial charge in [0.25, 0.3) is 0 Å². The largest absolute Gasteiger partial charge is 0.422 e. The van der Waals surface area contributed by atoms with E-state index in [4.69, 9.17) is 4.42 Å². The lowest BCUT2D eigenvalue weighted by molar-refractivity contribution is 0.562. The fourth-order valence-electron chi connectivity index (χ4n) is 3.52. The van der Waals surface area contributed by atoms with E-state index in [2.05, 4.69) is 38.1 Å². The Bertz CT molecular complexity index is 1120. The van der Waals surface area contributed by atoms with Crippen LogP contribution >= 0.6 is 0 Å². The molecule has 0 amide bonds. The molecule has 27 heavy (non-hydrogen) atoms. The monoisotopic (exact) mass is 354 g/mol. The van der Waals surface area contributed by atoms with Gasteiger partial charge in [-0.3, -0.25) is 0 Å². The van der Waals surface area contributed by atoms with Crippen molar-refractivity contribution < 1.29 is 4.42 Å². The number of benzene rings is 3. The Balaban J connectivity index is 1.90. The molecular formula is C25H22O2. The van der Waals surface area contributed by atoms with Crippen molar-refractivity contribution in [3.8, 4) is 11.1 Å². The van der Waals surface area contributed by atoms with Gasteiger partial charge in [0.1, 0.15) is 5.58 Å². The minimum atomic E-state index is -0.284. The Morgan fingerprint density at radius 3 is 2.19 bits per heavy atom. The van der Waals surface area contributed by atoms with Crippen molar-refractivity contribution in [1.82, 2.24) is 0 Å². The Labute approximate surface area is 159 Å². The highest BCUT2D eigenvalue weighted by Gasteiger charge is 2.16. The summed E-state index contributed by atoms with van der Waals surface area (Å²) in [5.74, 6) is 0.503. The van der Waals surface area contributed by atoms with Gasteiger partial charge in [0, 0.05) is 5.39 Å². The minimum absolute atomic E-state index is 0.284. The second-order valence-corrected chi connectivity index (χ2v) is 7.18. The molecule has 0 aliphatic heterocycles. The number of fused-ring (bicyclic) bond motifs is 1. The summed E-state index contributed by atoms with van der Waals surface area (Å²) in [6.07, 6.45) is 0.689. The van der Waals surface area contributed by atoms with E-state index in [1.54, 1.807) is 0 Å². The van der Waals surface area contributed by atoms with E-state index < -0.39 is 0 Å². The van der Waals surface area contributed by atoms with Crippen LogP contribution in [0.3, 0.4) is 0 Å². The van der Waals surface area contributed by atoms with Crippen LogP contribution < -0.4 is 5.63 Å². The van der Waals surface area contributed by atoms with Gasteiger partial charge in [0.05, 0.1) is 5.56 Å². The Hall–Kier alpha value is -3.13. The molecule has 0 bridgehead atoms. The summed E-state index contributed by atoms with van der Waals surface area (Å²) in [4.78, 5) is 12.8. The number of para-hydroxylation sites is 1. The van der Waals surface area contributed by atoms with Crippen LogP contribution in [-0.2, 0) is 6.42 Å². The highest BCUT2D eigenvalue weighted by atomic mass is 16.4. The van der Waals surface area contributed by atoms with Crippen LogP contribution in [0.2, 0.25) is 0 Å². The molecule has 0 unspecified atom stereocenters. The molecule has 0 fully saturated rings. The highest BCUT2D eigenvalue weighted by Crippen LogP contribution is 2.29. The number of hydrogen-bond acceptors (Lipinski definition) is 2. The molecule has 0 N–H and O–H groups in total. The SMILES string of the molecule is CC(C)c1ccc(Cc2c(-c3ccccc3)c(=O)oc3ccccc23)cc1. The molecule has 4 aromatic rings. The summed E-state index contributed by atoms with van der Waals surface area (Å²) >= 11 is 0. The standard InChI is InChI=1S/C25H22O2/c1-17(2)19-14-12-18(13-15-19)16-22-21-10-6-7-11-23(21)27-25(26)24(22)20-8-4-3-5-9-20/h3-15,17H,16H2,1-2H3. The second-order valence-electron chi connectivity index (χ2n) is 7.18. The molecule has 0 radical (unpaired) electrons. The lowest BCUT2D eigenvalue weighted by Gasteiger charge is -2.13. The second kappa shape index (κ2) is 7.24. The zero-order chi connectivity index (χ0) is 18.8. The van der Waals surface area contributed by atoms with E-state index in [9.17, 15) is 4.79 Å². The summed E-state index contributed by atoms with van der Waals surface area (Å²) in [7, 11) is 0. The average molecular weight is 354 g/mol. The van der Waals surface area contributed by atoms with Gasteiger partial charge in [-0.25, -0.2) is 4.79 Å². The molecule has 0 atom stereocenters. The van der Waals surface area contributed by atoms with Crippen LogP contribution in [0.25, 0.3) is 22.1 Å². The van der Waals surface area contributed by atoms with Crippen molar-refractivity contribution in [2.75, 3.05) is 0 Å². The lowest BCUT2D eigenvalue weighted by Crippen LogP contribution is -2.08. The molecule has 3 aromatic carbocycles. The summed E-state index contributed by atoms with van der Waals surface area (Å²) in [5, 5.41) is 0.990. The third-order valence-corrected chi connectivity index (χ3v) is 5.01. The zero-order valence-corrected chi connectivity index (χ0v) is 15.6. The van der Waals surface area contributed by atoms with Crippen LogP contribution in [0.5, 0.6) is 0 Å². The van der Waals surface area contributed by atoms with Gasteiger partial charge in [-0.2, -0.15) is 0 Å². The summed E-state index contributed by atoms with van der Waals surface area (Å²) in [6.45, 7) is 4.39. The van der Waals surface area contributed by atoms with Crippen LogP contribution in [0.1, 0.15) is 36.5 Å². The van der Waals surface area contributed by atoms with Crippen molar-refractivity contribution in [3.05, 3.63) is 106 Å². The minimum Gasteiger partial charge on any atom is -0.422 e. The fraction of sp³-hybridized carbons (Fsp3) is 0.160. The molecule has 0 aliphatic carbocycles. The van der Waals surface area contributed by atoms with E-state index in [0.29, 0.717) is 23.5 Å². The molecule has 1 aromatic heterocycles. The van der Waals surface area contributed by atoms with Crippen LogP contribution in [0.4, 0.5) is 0 Å². The van der Waals surface area contributed by atoms with E-state index in [0.717, 1.165) is 16.5 Å². The smallest absolute Gasteiger partial charge is 0.344 e. The maximum Gasteiger partial charge on any atom is 0.344 e. The third-order valence-electron chi connectivity index (χ3n) is 5.01. The molecule has 0 saturated carbocycles.